The summed E-state index contributed by atoms with van der Waals surface area (Å²) in [6.45, 7) is 0. The number of primary sulfonamides is 1. The lowest BCUT2D eigenvalue weighted by Crippen LogP contribution is -2.18. The van der Waals surface area contributed by atoms with Gasteiger partial charge in [-0.1, -0.05) is 41.9 Å². The van der Waals surface area contributed by atoms with Gasteiger partial charge >= 0.3 is 0 Å². The van der Waals surface area contributed by atoms with E-state index in [-0.39, 0.29) is 34.9 Å². The van der Waals surface area contributed by atoms with E-state index in [1.165, 1.54) is 36.4 Å². The Hall–Kier alpha value is -3.08. The summed E-state index contributed by atoms with van der Waals surface area (Å²) < 4.78 is 55.6. The Bertz CT molecular complexity index is 1220. The molecule has 1 amide bonds. The third-order valence-corrected chi connectivity index (χ3v) is 5.20. The van der Waals surface area contributed by atoms with Gasteiger partial charge in [-0.2, -0.15) is 0 Å². The maximum Gasteiger partial charge on any atom is 0.264 e. The zero-order valence-electron chi connectivity index (χ0n) is 15.8. The summed E-state index contributed by atoms with van der Waals surface area (Å²) >= 11 is 5.88. The molecule has 0 aliphatic rings. The first-order chi connectivity index (χ1) is 14.6. The van der Waals surface area contributed by atoms with E-state index in [0.29, 0.717) is 5.02 Å². The fraction of sp³-hybridized carbons (Fsp3) is 0.100. The number of aromatic nitrogens is 1. The lowest BCUT2D eigenvalue weighted by Gasteiger charge is -2.12. The molecule has 0 spiro atoms. The molecule has 3 N–H and O–H groups in total. The summed E-state index contributed by atoms with van der Waals surface area (Å²) in [6.07, 6.45) is -1.92. The number of nitrogens with one attached hydrogen (secondary N) is 1. The van der Waals surface area contributed by atoms with Crippen LogP contribution in [0.25, 0.3) is 0 Å². The Kier molecular flexibility index (Phi) is 6.84. The Morgan fingerprint density at radius 3 is 2.58 bits per heavy atom. The van der Waals surface area contributed by atoms with Crippen molar-refractivity contribution in [1.29, 1.82) is 0 Å². The quantitative estimate of drug-likeness (QED) is 0.538. The van der Waals surface area contributed by atoms with Gasteiger partial charge in [-0.25, -0.2) is 27.3 Å². The van der Waals surface area contributed by atoms with Crippen molar-refractivity contribution in [2.45, 2.75) is 17.7 Å². The third-order valence-electron chi connectivity index (χ3n) is 4.06. The topological polar surface area (TPSA) is 111 Å². The minimum atomic E-state index is -4.27. The van der Waals surface area contributed by atoms with Crippen molar-refractivity contribution in [1.82, 2.24) is 4.98 Å². The van der Waals surface area contributed by atoms with Gasteiger partial charge in [0.25, 0.3) is 6.43 Å². The van der Waals surface area contributed by atoms with Crippen LogP contribution < -0.4 is 15.2 Å². The first-order valence-corrected chi connectivity index (χ1v) is 10.7. The molecule has 31 heavy (non-hydrogen) atoms. The lowest BCUT2D eigenvalue weighted by atomic mass is 10.0. The number of anilines is 1. The van der Waals surface area contributed by atoms with Gasteiger partial charge in [0, 0.05) is 10.6 Å². The number of alkyl halides is 2. The van der Waals surface area contributed by atoms with E-state index in [9.17, 15) is 22.0 Å². The van der Waals surface area contributed by atoms with Gasteiger partial charge < -0.3 is 10.1 Å². The third kappa shape index (κ3) is 5.97. The van der Waals surface area contributed by atoms with Gasteiger partial charge in [0.2, 0.25) is 21.8 Å². The van der Waals surface area contributed by atoms with Gasteiger partial charge in [-0.3, -0.25) is 4.79 Å². The Balaban J connectivity index is 1.83. The highest BCUT2D eigenvalue weighted by atomic mass is 35.5. The molecule has 0 radical (unpaired) electrons. The molecule has 0 unspecified atom stereocenters. The van der Waals surface area contributed by atoms with E-state index in [1.54, 1.807) is 12.1 Å². The van der Waals surface area contributed by atoms with Crippen molar-refractivity contribution < 1.29 is 26.7 Å². The number of amides is 1. The molecule has 0 saturated heterocycles. The fourth-order valence-electron chi connectivity index (χ4n) is 2.71. The lowest BCUT2D eigenvalue weighted by molar-refractivity contribution is -0.115. The second-order valence-electron chi connectivity index (χ2n) is 6.36. The van der Waals surface area contributed by atoms with Crippen LogP contribution in [0.5, 0.6) is 11.6 Å². The van der Waals surface area contributed by atoms with Crippen LogP contribution in [0.2, 0.25) is 5.02 Å². The van der Waals surface area contributed by atoms with Crippen LogP contribution in [-0.2, 0) is 21.2 Å². The van der Waals surface area contributed by atoms with E-state index in [4.69, 9.17) is 21.5 Å². The number of carbonyl (C=O) groups is 1. The average molecular weight is 468 g/mol. The van der Waals surface area contributed by atoms with Crippen molar-refractivity contribution in [2.75, 3.05) is 5.32 Å². The van der Waals surface area contributed by atoms with Crippen molar-refractivity contribution in [3.63, 3.8) is 0 Å². The van der Waals surface area contributed by atoms with Crippen LogP contribution in [0.15, 0.2) is 65.7 Å². The number of ether oxygens (including phenoxy) is 1. The van der Waals surface area contributed by atoms with Crippen LogP contribution in [0.4, 0.5) is 14.5 Å². The summed E-state index contributed by atoms with van der Waals surface area (Å²) in [4.78, 5) is 15.8. The monoisotopic (exact) mass is 467 g/mol. The van der Waals surface area contributed by atoms with Gasteiger partial charge in [0.1, 0.15) is 10.6 Å². The van der Waals surface area contributed by atoms with Crippen LogP contribution in [-0.4, -0.2) is 19.3 Å². The Morgan fingerprint density at radius 1 is 1.16 bits per heavy atom. The minimum absolute atomic E-state index is 0.00185. The van der Waals surface area contributed by atoms with Crippen molar-refractivity contribution >= 4 is 33.2 Å². The largest absolute Gasteiger partial charge is 0.438 e. The summed E-state index contributed by atoms with van der Waals surface area (Å²) in [5, 5.41) is 8.04. The van der Waals surface area contributed by atoms with E-state index >= 15 is 0 Å². The molecule has 2 aromatic carbocycles. The zero-order valence-corrected chi connectivity index (χ0v) is 17.3. The Morgan fingerprint density at radius 2 is 1.90 bits per heavy atom. The summed E-state index contributed by atoms with van der Waals surface area (Å²) in [6, 6.07) is 12.9. The first kappa shape index (κ1) is 22.6. The number of nitrogens with zero attached hydrogens (tertiary/aromatic N) is 1. The molecular formula is C20H16ClF2N3O4S. The normalized spacial score (nSPS) is 11.4. The number of hydrogen-bond acceptors (Lipinski definition) is 5. The maximum absolute atomic E-state index is 13.1. The number of nitrogens with two attached hydrogens (primary N) is 1. The summed E-state index contributed by atoms with van der Waals surface area (Å²) in [5.41, 5.74) is -0.108. The molecule has 0 fully saturated rings. The summed E-state index contributed by atoms with van der Waals surface area (Å²) in [5.74, 6) is -0.727. The number of benzene rings is 2. The van der Waals surface area contributed by atoms with Gasteiger partial charge in [-0.15, -0.1) is 0 Å². The predicted molar refractivity (Wildman–Crippen MR) is 111 cm³/mol. The molecule has 0 bridgehead atoms. The number of halogens is 3. The molecule has 0 aliphatic carbocycles. The highest BCUT2D eigenvalue weighted by molar-refractivity contribution is 7.89. The number of rotatable bonds is 7. The molecule has 1 heterocycles. The van der Waals surface area contributed by atoms with Gasteiger partial charge in [0.05, 0.1) is 18.3 Å². The van der Waals surface area contributed by atoms with E-state index in [2.05, 4.69) is 10.3 Å². The molecular weight excluding hydrogens is 452 g/mol. The van der Waals surface area contributed by atoms with E-state index in [1.807, 2.05) is 0 Å². The first-order valence-electron chi connectivity index (χ1n) is 8.75. The molecule has 3 aromatic rings. The second-order valence-corrected chi connectivity index (χ2v) is 8.32. The van der Waals surface area contributed by atoms with E-state index < -0.39 is 27.3 Å². The number of sulfonamides is 1. The van der Waals surface area contributed by atoms with Gasteiger partial charge in [0.15, 0.2) is 0 Å². The van der Waals surface area contributed by atoms with Crippen LogP contribution in [0.1, 0.15) is 17.6 Å². The standard InChI is InChI=1S/C20H16ClF2N3O4S/c21-13-5-3-6-15(9-13)30-20-17(31(24,28)29)10-14(11-25-20)26-18(27)8-12-4-1-2-7-16(12)19(22)23/h1-7,9-11,19H,8H2,(H,26,27)(H2,24,28,29). The van der Waals surface area contributed by atoms with Gasteiger partial charge in [-0.05, 0) is 29.8 Å². The number of hydrogen-bond donors (Lipinski definition) is 2. The summed E-state index contributed by atoms with van der Waals surface area (Å²) in [7, 11) is -4.27. The molecule has 162 valence electrons. The van der Waals surface area contributed by atoms with Crippen molar-refractivity contribution in [2.24, 2.45) is 5.14 Å². The van der Waals surface area contributed by atoms with Crippen LogP contribution in [0, 0.1) is 0 Å². The minimum Gasteiger partial charge on any atom is -0.438 e. The molecule has 3 rings (SSSR count). The maximum atomic E-state index is 13.1. The fourth-order valence-corrected chi connectivity index (χ4v) is 3.52. The number of pyridine rings is 1. The predicted octanol–water partition coefficient (Wildman–Crippen LogP) is 4.29. The highest BCUT2D eigenvalue weighted by Crippen LogP contribution is 2.29. The smallest absolute Gasteiger partial charge is 0.264 e. The molecule has 11 heteroatoms. The molecule has 1 aromatic heterocycles. The van der Waals surface area contributed by atoms with Crippen molar-refractivity contribution in [3.05, 3.63) is 76.9 Å². The number of carbonyl (C=O) groups excluding carboxylic acids is 1. The van der Waals surface area contributed by atoms with Crippen LogP contribution >= 0.6 is 11.6 Å². The van der Waals surface area contributed by atoms with Crippen LogP contribution in [0.3, 0.4) is 0 Å². The molecule has 0 atom stereocenters. The second kappa shape index (κ2) is 9.38. The Labute approximate surface area is 181 Å². The average Bonchev–Trinajstić information content (AvgIpc) is 2.68. The molecule has 0 aliphatic heterocycles. The zero-order chi connectivity index (χ0) is 22.6. The molecule has 7 nitrogen and oxygen atoms in total. The van der Waals surface area contributed by atoms with Crippen molar-refractivity contribution in [3.8, 4) is 11.6 Å². The molecule has 0 saturated carbocycles. The SMILES string of the molecule is NS(=O)(=O)c1cc(NC(=O)Cc2ccccc2C(F)F)cnc1Oc1cccc(Cl)c1. The van der Waals surface area contributed by atoms with E-state index in [0.717, 1.165) is 12.3 Å². The highest BCUT2D eigenvalue weighted by Gasteiger charge is 2.20.